The minimum atomic E-state index is 0.689. The first kappa shape index (κ1) is 12.6. The third-order valence-corrected chi connectivity index (χ3v) is 3.55. The van der Waals surface area contributed by atoms with E-state index in [0.29, 0.717) is 6.04 Å². The molecule has 0 saturated heterocycles. The minimum Gasteiger partial charge on any atom is -0.317 e. The van der Waals surface area contributed by atoms with Gasteiger partial charge in [-0.2, -0.15) is 0 Å². The fourth-order valence-electron chi connectivity index (χ4n) is 2.58. The molecule has 1 saturated carbocycles. The SMILES string of the molecule is CC#CCCC(CC1CCCCC1)NC. The summed E-state index contributed by atoms with van der Waals surface area (Å²) < 4.78 is 0. The van der Waals surface area contributed by atoms with Gasteiger partial charge in [0.25, 0.3) is 0 Å². The largest absolute Gasteiger partial charge is 0.317 e. The smallest absolute Gasteiger partial charge is 0.0103 e. The molecule has 0 amide bonds. The van der Waals surface area contributed by atoms with Crippen molar-refractivity contribution >= 4 is 0 Å². The third-order valence-electron chi connectivity index (χ3n) is 3.55. The van der Waals surface area contributed by atoms with Crippen molar-refractivity contribution in [2.45, 2.75) is 64.3 Å². The zero-order chi connectivity index (χ0) is 10.9. The molecule has 0 aliphatic heterocycles. The van der Waals surface area contributed by atoms with Crippen LogP contribution in [0, 0.1) is 17.8 Å². The van der Waals surface area contributed by atoms with Crippen LogP contribution in [0.15, 0.2) is 0 Å². The average Bonchev–Trinajstić information content (AvgIpc) is 2.29. The van der Waals surface area contributed by atoms with Crippen LogP contribution < -0.4 is 5.32 Å². The lowest BCUT2D eigenvalue weighted by atomic mass is 9.84. The van der Waals surface area contributed by atoms with E-state index in [1.807, 2.05) is 6.92 Å². The van der Waals surface area contributed by atoms with Gasteiger partial charge >= 0.3 is 0 Å². The highest BCUT2D eigenvalue weighted by Gasteiger charge is 2.17. The maximum absolute atomic E-state index is 3.44. The van der Waals surface area contributed by atoms with E-state index in [1.54, 1.807) is 0 Å². The Hall–Kier alpha value is -0.480. The Balaban J connectivity index is 2.21. The third kappa shape index (κ3) is 5.23. The summed E-state index contributed by atoms with van der Waals surface area (Å²) in [6.45, 7) is 1.93. The van der Waals surface area contributed by atoms with Crippen LogP contribution in [-0.4, -0.2) is 13.1 Å². The summed E-state index contributed by atoms with van der Waals surface area (Å²) in [4.78, 5) is 0. The highest BCUT2D eigenvalue weighted by Crippen LogP contribution is 2.27. The van der Waals surface area contributed by atoms with Gasteiger partial charge in [-0.1, -0.05) is 32.1 Å². The summed E-state index contributed by atoms with van der Waals surface area (Å²) >= 11 is 0. The van der Waals surface area contributed by atoms with Gasteiger partial charge in [-0.25, -0.2) is 0 Å². The van der Waals surface area contributed by atoms with Crippen LogP contribution in [0.1, 0.15) is 58.3 Å². The fourth-order valence-corrected chi connectivity index (χ4v) is 2.58. The Morgan fingerprint density at radius 3 is 2.60 bits per heavy atom. The summed E-state index contributed by atoms with van der Waals surface area (Å²) in [6, 6.07) is 0.689. The van der Waals surface area contributed by atoms with E-state index in [9.17, 15) is 0 Å². The van der Waals surface area contributed by atoms with E-state index in [0.717, 1.165) is 12.3 Å². The second kappa shape index (κ2) is 7.77. The van der Waals surface area contributed by atoms with E-state index in [-0.39, 0.29) is 0 Å². The lowest BCUT2D eigenvalue weighted by Gasteiger charge is -2.26. The minimum absolute atomic E-state index is 0.689. The molecule has 0 aromatic rings. The van der Waals surface area contributed by atoms with Crippen LogP contribution in [0.4, 0.5) is 0 Å². The molecular weight excluding hydrogens is 182 g/mol. The Labute approximate surface area is 95.0 Å². The van der Waals surface area contributed by atoms with Gasteiger partial charge in [0.2, 0.25) is 0 Å². The molecule has 1 aliphatic carbocycles. The number of hydrogen-bond donors (Lipinski definition) is 1. The zero-order valence-corrected chi connectivity index (χ0v) is 10.3. The molecule has 0 heterocycles. The molecule has 0 bridgehead atoms. The number of nitrogens with one attached hydrogen (secondary N) is 1. The molecule has 0 aromatic heterocycles. The van der Waals surface area contributed by atoms with Crippen molar-refractivity contribution in [1.82, 2.24) is 5.32 Å². The van der Waals surface area contributed by atoms with Gasteiger partial charge in [-0.3, -0.25) is 0 Å². The molecule has 86 valence electrons. The molecule has 1 nitrogen and oxygen atoms in total. The van der Waals surface area contributed by atoms with Crippen molar-refractivity contribution in [1.29, 1.82) is 0 Å². The lowest BCUT2D eigenvalue weighted by molar-refractivity contribution is 0.298. The van der Waals surface area contributed by atoms with Gasteiger partial charge in [0.05, 0.1) is 0 Å². The van der Waals surface area contributed by atoms with Crippen LogP contribution in [0.2, 0.25) is 0 Å². The van der Waals surface area contributed by atoms with Crippen LogP contribution in [0.5, 0.6) is 0 Å². The maximum atomic E-state index is 3.44. The molecule has 1 N–H and O–H groups in total. The Kier molecular flexibility index (Phi) is 6.52. The first-order valence-electron chi connectivity index (χ1n) is 6.43. The van der Waals surface area contributed by atoms with E-state index < -0.39 is 0 Å². The molecule has 1 rings (SSSR count). The average molecular weight is 207 g/mol. The van der Waals surface area contributed by atoms with Gasteiger partial charge in [0, 0.05) is 12.5 Å². The molecular formula is C14H25N. The van der Waals surface area contributed by atoms with Crippen LogP contribution in [0.3, 0.4) is 0 Å². The van der Waals surface area contributed by atoms with Crippen LogP contribution >= 0.6 is 0 Å². The van der Waals surface area contributed by atoms with Crippen molar-refractivity contribution in [3.63, 3.8) is 0 Å². The fraction of sp³-hybridized carbons (Fsp3) is 0.857. The molecule has 0 aromatic carbocycles. The standard InChI is InChI=1S/C14H25N/c1-3-4-6-11-14(15-2)12-13-9-7-5-8-10-13/h13-15H,5-12H2,1-2H3. The molecule has 15 heavy (non-hydrogen) atoms. The summed E-state index contributed by atoms with van der Waals surface area (Å²) in [7, 11) is 2.09. The first-order valence-corrected chi connectivity index (χ1v) is 6.43. The normalized spacial score (nSPS) is 19.3. The van der Waals surface area contributed by atoms with Crippen molar-refractivity contribution in [3.05, 3.63) is 0 Å². The topological polar surface area (TPSA) is 12.0 Å². The molecule has 1 unspecified atom stereocenters. The molecule has 1 fully saturated rings. The monoisotopic (exact) mass is 207 g/mol. The van der Waals surface area contributed by atoms with E-state index >= 15 is 0 Å². The van der Waals surface area contributed by atoms with Gasteiger partial charge in [-0.05, 0) is 32.7 Å². The zero-order valence-electron chi connectivity index (χ0n) is 10.3. The van der Waals surface area contributed by atoms with Crippen molar-refractivity contribution in [2.75, 3.05) is 7.05 Å². The van der Waals surface area contributed by atoms with Gasteiger partial charge < -0.3 is 5.32 Å². The molecule has 0 radical (unpaired) electrons. The predicted octanol–water partition coefficient (Wildman–Crippen LogP) is 3.35. The summed E-state index contributed by atoms with van der Waals surface area (Å²) in [5, 5.41) is 3.44. The Morgan fingerprint density at radius 2 is 2.00 bits per heavy atom. The summed E-state index contributed by atoms with van der Waals surface area (Å²) in [5.74, 6) is 7.11. The van der Waals surface area contributed by atoms with E-state index in [1.165, 1.54) is 44.9 Å². The maximum Gasteiger partial charge on any atom is 0.0103 e. The van der Waals surface area contributed by atoms with Gasteiger partial charge in [0.1, 0.15) is 0 Å². The molecule has 1 heteroatoms. The summed E-state index contributed by atoms with van der Waals surface area (Å²) in [5.41, 5.74) is 0. The second-order valence-corrected chi connectivity index (χ2v) is 4.69. The predicted molar refractivity (Wildman–Crippen MR) is 66.7 cm³/mol. The summed E-state index contributed by atoms with van der Waals surface area (Å²) in [6.07, 6.45) is 10.9. The second-order valence-electron chi connectivity index (χ2n) is 4.69. The van der Waals surface area contributed by atoms with Crippen LogP contribution in [-0.2, 0) is 0 Å². The first-order chi connectivity index (χ1) is 7.36. The number of rotatable bonds is 5. The van der Waals surface area contributed by atoms with Crippen molar-refractivity contribution in [2.24, 2.45) is 5.92 Å². The quantitative estimate of drug-likeness (QED) is 0.682. The van der Waals surface area contributed by atoms with Crippen LogP contribution in [0.25, 0.3) is 0 Å². The Bertz CT molecular complexity index is 205. The lowest BCUT2D eigenvalue weighted by Crippen LogP contribution is -2.28. The molecule has 1 atom stereocenters. The number of hydrogen-bond acceptors (Lipinski definition) is 1. The van der Waals surface area contributed by atoms with E-state index in [2.05, 4.69) is 24.2 Å². The van der Waals surface area contributed by atoms with Crippen molar-refractivity contribution in [3.8, 4) is 11.8 Å². The van der Waals surface area contributed by atoms with Gasteiger partial charge in [0.15, 0.2) is 0 Å². The van der Waals surface area contributed by atoms with E-state index in [4.69, 9.17) is 0 Å². The van der Waals surface area contributed by atoms with Crippen molar-refractivity contribution < 1.29 is 0 Å². The highest BCUT2D eigenvalue weighted by molar-refractivity contribution is 4.95. The Morgan fingerprint density at radius 1 is 1.27 bits per heavy atom. The van der Waals surface area contributed by atoms with Gasteiger partial charge in [-0.15, -0.1) is 11.8 Å². The molecule has 0 spiro atoms. The molecule has 1 aliphatic rings. The highest BCUT2D eigenvalue weighted by atomic mass is 14.9.